The summed E-state index contributed by atoms with van der Waals surface area (Å²) in [6, 6.07) is 8.79. The van der Waals surface area contributed by atoms with Crippen LogP contribution in [0.4, 0.5) is 5.69 Å². The number of benzene rings is 2. The fourth-order valence-electron chi connectivity index (χ4n) is 1.95. The van der Waals surface area contributed by atoms with Crippen LogP contribution in [0, 0.1) is 0 Å². The number of carboxylic acids is 1. The second kappa shape index (κ2) is 8.15. The number of carboxylic acid groups (broad SMARTS) is 1. The molecule has 6 nitrogen and oxygen atoms in total. The van der Waals surface area contributed by atoms with E-state index in [9.17, 15) is 9.59 Å². The molecule has 3 N–H and O–H groups in total. The number of carbonyl (C=O) groups is 2. The molecule has 0 heterocycles. The van der Waals surface area contributed by atoms with E-state index >= 15 is 0 Å². The van der Waals surface area contributed by atoms with Crippen molar-refractivity contribution in [3.63, 3.8) is 0 Å². The zero-order valence-corrected chi connectivity index (χ0v) is 15.1. The smallest absolute Gasteiger partial charge is 0.335 e. The second-order valence-corrected chi connectivity index (χ2v) is 6.01. The molecule has 0 aliphatic rings. The Bertz CT molecular complexity index is 841. The first-order valence-electron chi connectivity index (χ1n) is 6.80. The maximum Gasteiger partial charge on any atom is 0.335 e. The topological polar surface area (TPSA) is 87.7 Å². The number of amides is 1. The molecular weight excluding hydrogens is 387 g/mol. The summed E-state index contributed by atoms with van der Waals surface area (Å²) in [6.45, 7) is 0. The summed E-state index contributed by atoms with van der Waals surface area (Å²) in [4.78, 5) is 23.3. The summed E-state index contributed by atoms with van der Waals surface area (Å²) in [5.41, 5.74) is 0.520. The van der Waals surface area contributed by atoms with Crippen LogP contribution in [-0.4, -0.2) is 29.2 Å². The molecule has 0 radical (unpaired) electrons. The Morgan fingerprint density at radius 3 is 2.32 bits per heavy atom. The van der Waals surface area contributed by atoms with Crippen LogP contribution in [0.2, 0.25) is 10.0 Å². The summed E-state index contributed by atoms with van der Waals surface area (Å²) in [6.07, 6.45) is 0. The molecule has 0 bridgehead atoms. The van der Waals surface area contributed by atoms with Gasteiger partial charge in [-0.25, -0.2) is 4.79 Å². The van der Waals surface area contributed by atoms with E-state index in [0.29, 0.717) is 10.6 Å². The molecule has 1 amide bonds. The monoisotopic (exact) mass is 398 g/mol. The highest BCUT2D eigenvalue weighted by Gasteiger charge is 2.16. The Morgan fingerprint density at radius 1 is 1.12 bits per heavy atom. The zero-order valence-electron chi connectivity index (χ0n) is 12.8. The van der Waals surface area contributed by atoms with Gasteiger partial charge in [0.25, 0.3) is 5.91 Å². The molecular formula is C16H12Cl2N2O4S. The van der Waals surface area contributed by atoms with Gasteiger partial charge in [0.15, 0.2) is 10.9 Å². The first-order valence-corrected chi connectivity index (χ1v) is 7.97. The summed E-state index contributed by atoms with van der Waals surface area (Å²) >= 11 is 16.9. The number of thiocarbonyl (C=S) groups is 1. The van der Waals surface area contributed by atoms with Gasteiger partial charge in [0.2, 0.25) is 0 Å². The fraction of sp³-hybridized carbons (Fsp3) is 0.0625. The van der Waals surface area contributed by atoms with Crippen molar-refractivity contribution in [1.29, 1.82) is 0 Å². The molecule has 25 heavy (non-hydrogen) atoms. The van der Waals surface area contributed by atoms with Crippen molar-refractivity contribution < 1.29 is 19.4 Å². The van der Waals surface area contributed by atoms with Crippen molar-refractivity contribution in [3.05, 3.63) is 57.6 Å². The maximum atomic E-state index is 12.1. The maximum absolute atomic E-state index is 12.1. The minimum absolute atomic E-state index is 0.0446. The number of ether oxygens (including phenoxy) is 1. The SMILES string of the molecule is COc1c(Cl)cc(C(=O)O)cc1NC(=S)NC(=O)c1ccc(Cl)cc1. The number of carbonyl (C=O) groups excluding carboxylic acids is 1. The van der Waals surface area contributed by atoms with Crippen LogP contribution < -0.4 is 15.4 Å². The van der Waals surface area contributed by atoms with E-state index in [1.54, 1.807) is 24.3 Å². The lowest BCUT2D eigenvalue weighted by Gasteiger charge is -2.14. The first-order chi connectivity index (χ1) is 11.8. The van der Waals surface area contributed by atoms with Crippen LogP contribution in [0.15, 0.2) is 36.4 Å². The lowest BCUT2D eigenvalue weighted by Crippen LogP contribution is -2.34. The average Bonchev–Trinajstić information content (AvgIpc) is 2.54. The number of hydrogen-bond acceptors (Lipinski definition) is 4. The Morgan fingerprint density at radius 2 is 1.76 bits per heavy atom. The van der Waals surface area contributed by atoms with Crippen LogP contribution in [-0.2, 0) is 0 Å². The van der Waals surface area contributed by atoms with Gasteiger partial charge < -0.3 is 15.2 Å². The lowest BCUT2D eigenvalue weighted by molar-refractivity contribution is 0.0696. The Kier molecular flexibility index (Phi) is 6.19. The minimum Gasteiger partial charge on any atom is -0.493 e. The Balaban J connectivity index is 2.18. The van der Waals surface area contributed by atoms with E-state index in [1.165, 1.54) is 19.2 Å². The molecule has 0 aliphatic carbocycles. The number of anilines is 1. The van der Waals surface area contributed by atoms with Gasteiger partial charge in [-0.15, -0.1) is 0 Å². The minimum atomic E-state index is -1.16. The standard InChI is InChI=1S/C16H12Cl2N2O4S/c1-24-13-11(18)6-9(15(22)23)7-12(13)19-16(25)20-14(21)8-2-4-10(17)5-3-8/h2-7H,1H3,(H,22,23)(H2,19,20,21,25). The highest BCUT2D eigenvalue weighted by atomic mass is 35.5. The van der Waals surface area contributed by atoms with E-state index in [1.807, 2.05) is 0 Å². The van der Waals surface area contributed by atoms with Gasteiger partial charge in [0, 0.05) is 10.6 Å². The molecule has 0 aromatic heterocycles. The molecule has 0 atom stereocenters. The van der Waals surface area contributed by atoms with E-state index in [0.717, 1.165) is 0 Å². The summed E-state index contributed by atoms with van der Waals surface area (Å²) in [7, 11) is 1.38. The van der Waals surface area contributed by atoms with Gasteiger partial charge in [-0.2, -0.15) is 0 Å². The van der Waals surface area contributed by atoms with Crippen molar-refractivity contribution in [3.8, 4) is 5.75 Å². The van der Waals surface area contributed by atoms with Crippen molar-refractivity contribution in [2.45, 2.75) is 0 Å². The molecule has 2 aromatic rings. The fourth-order valence-corrected chi connectivity index (χ4v) is 2.57. The summed E-state index contributed by atoms with van der Waals surface area (Å²) in [5, 5.41) is 14.8. The third-order valence-electron chi connectivity index (χ3n) is 3.08. The average molecular weight is 399 g/mol. The molecule has 0 fully saturated rings. The number of aromatic carboxylic acids is 1. The predicted octanol–water partition coefficient (Wildman–Crippen LogP) is 3.83. The highest BCUT2D eigenvalue weighted by molar-refractivity contribution is 7.80. The van der Waals surface area contributed by atoms with Crippen molar-refractivity contribution >= 4 is 58.1 Å². The van der Waals surface area contributed by atoms with Crippen LogP contribution in [0.5, 0.6) is 5.75 Å². The largest absolute Gasteiger partial charge is 0.493 e. The number of nitrogens with one attached hydrogen (secondary N) is 2. The van der Waals surface area contributed by atoms with Gasteiger partial charge in [0.1, 0.15) is 0 Å². The molecule has 2 aromatic carbocycles. The van der Waals surface area contributed by atoms with E-state index < -0.39 is 11.9 Å². The molecule has 0 unspecified atom stereocenters. The summed E-state index contributed by atoms with van der Waals surface area (Å²) in [5.74, 6) is -1.41. The molecule has 0 aliphatic heterocycles. The van der Waals surface area contributed by atoms with Crippen LogP contribution in [0.3, 0.4) is 0 Å². The van der Waals surface area contributed by atoms with Crippen LogP contribution >= 0.6 is 35.4 Å². The van der Waals surface area contributed by atoms with Gasteiger partial charge in [-0.05, 0) is 48.6 Å². The van der Waals surface area contributed by atoms with Gasteiger partial charge in [0.05, 0.1) is 23.4 Å². The number of methoxy groups -OCH3 is 1. The number of halogens is 2. The number of rotatable bonds is 4. The second-order valence-electron chi connectivity index (χ2n) is 4.76. The Hall–Kier alpha value is -2.35. The molecule has 2 rings (SSSR count). The Labute approximate surface area is 158 Å². The molecule has 130 valence electrons. The highest BCUT2D eigenvalue weighted by Crippen LogP contribution is 2.34. The van der Waals surface area contributed by atoms with Gasteiger partial charge >= 0.3 is 5.97 Å². The quantitative estimate of drug-likeness (QED) is 0.678. The van der Waals surface area contributed by atoms with Gasteiger partial charge in [-0.1, -0.05) is 23.2 Å². The predicted molar refractivity (Wildman–Crippen MR) is 100 cm³/mol. The molecule has 0 saturated heterocycles. The molecule has 0 spiro atoms. The molecule has 0 saturated carbocycles. The van der Waals surface area contributed by atoms with Crippen LogP contribution in [0.25, 0.3) is 0 Å². The normalized spacial score (nSPS) is 10.0. The van der Waals surface area contributed by atoms with E-state index in [2.05, 4.69) is 10.6 Å². The summed E-state index contributed by atoms with van der Waals surface area (Å²) < 4.78 is 5.14. The lowest BCUT2D eigenvalue weighted by atomic mass is 10.2. The van der Waals surface area contributed by atoms with E-state index in [-0.39, 0.29) is 27.1 Å². The van der Waals surface area contributed by atoms with Crippen LogP contribution in [0.1, 0.15) is 20.7 Å². The number of hydrogen-bond donors (Lipinski definition) is 3. The van der Waals surface area contributed by atoms with Crippen molar-refractivity contribution in [1.82, 2.24) is 5.32 Å². The molecule has 9 heteroatoms. The van der Waals surface area contributed by atoms with Crippen molar-refractivity contribution in [2.24, 2.45) is 0 Å². The third-order valence-corrected chi connectivity index (χ3v) is 3.81. The zero-order chi connectivity index (χ0) is 18.6. The van der Waals surface area contributed by atoms with E-state index in [4.69, 9.17) is 45.3 Å². The van der Waals surface area contributed by atoms with Crippen molar-refractivity contribution in [2.75, 3.05) is 12.4 Å². The first kappa shape index (κ1) is 19.0. The van der Waals surface area contributed by atoms with Gasteiger partial charge in [-0.3, -0.25) is 10.1 Å². The third kappa shape index (κ3) is 4.82.